The molecular formula is C25H31N3O4S. The molecule has 2 aliphatic rings. The average Bonchev–Trinajstić information content (AvgIpc) is 3.22. The topological polar surface area (TPSA) is 86.8 Å². The summed E-state index contributed by atoms with van der Waals surface area (Å²) in [6, 6.07) is 15.9. The molecule has 1 aliphatic heterocycles. The van der Waals surface area contributed by atoms with Crippen molar-refractivity contribution in [3.63, 3.8) is 0 Å². The Morgan fingerprint density at radius 1 is 1.03 bits per heavy atom. The van der Waals surface area contributed by atoms with Gasteiger partial charge in [-0.15, -0.1) is 0 Å². The molecule has 33 heavy (non-hydrogen) atoms. The summed E-state index contributed by atoms with van der Waals surface area (Å²) in [5.74, 6) is -0.511. The highest BCUT2D eigenvalue weighted by Gasteiger charge is 2.38. The van der Waals surface area contributed by atoms with E-state index < -0.39 is 10.0 Å². The van der Waals surface area contributed by atoms with Gasteiger partial charge >= 0.3 is 0 Å². The normalized spacial score (nSPS) is 19.8. The van der Waals surface area contributed by atoms with E-state index in [0.717, 1.165) is 31.2 Å². The first-order valence-corrected chi connectivity index (χ1v) is 13.0. The fraction of sp³-hybridized carbons (Fsp3) is 0.440. The van der Waals surface area contributed by atoms with Crippen molar-refractivity contribution in [1.29, 1.82) is 0 Å². The Morgan fingerprint density at radius 2 is 1.70 bits per heavy atom. The summed E-state index contributed by atoms with van der Waals surface area (Å²) in [7, 11) is -2.11. The Hall–Kier alpha value is -2.71. The second-order valence-electron chi connectivity index (χ2n) is 9.00. The number of anilines is 1. The number of carbonyl (C=O) groups excluding carboxylic acids is 2. The number of nitrogens with one attached hydrogen (secondary N) is 1. The monoisotopic (exact) mass is 469 g/mol. The second kappa shape index (κ2) is 10.1. The highest BCUT2D eigenvalue weighted by Crippen LogP contribution is 2.29. The van der Waals surface area contributed by atoms with Gasteiger partial charge < -0.3 is 10.2 Å². The molecule has 1 atom stereocenters. The minimum absolute atomic E-state index is 0.0601. The number of amides is 2. The molecule has 0 spiro atoms. The number of likely N-dealkylation sites (tertiary alicyclic amines) is 1. The van der Waals surface area contributed by atoms with Crippen molar-refractivity contribution in [2.75, 3.05) is 18.9 Å². The van der Waals surface area contributed by atoms with E-state index in [-0.39, 0.29) is 41.6 Å². The number of sulfonamides is 1. The smallest absolute Gasteiger partial charge is 0.243 e. The van der Waals surface area contributed by atoms with Crippen LogP contribution in [0.15, 0.2) is 59.5 Å². The molecule has 7 nitrogen and oxygen atoms in total. The van der Waals surface area contributed by atoms with Crippen LogP contribution in [0.4, 0.5) is 5.69 Å². The first-order chi connectivity index (χ1) is 15.8. The minimum atomic E-state index is -3.66. The number of hydrogen-bond acceptors (Lipinski definition) is 4. The molecule has 176 valence electrons. The fourth-order valence-electron chi connectivity index (χ4n) is 4.71. The molecule has 0 radical (unpaired) electrons. The molecule has 0 aromatic heterocycles. The lowest BCUT2D eigenvalue weighted by Crippen LogP contribution is -2.38. The zero-order chi connectivity index (χ0) is 23.4. The van der Waals surface area contributed by atoms with Gasteiger partial charge in [0.1, 0.15) is 0 Å². The van der Waals surface area contributed by atoms with Crippen LogP contribution in [0, 0.1) is 5.92 Å². The maximum atomic E-state index is 12.9. The van der Waals surface area contributed by atoms with Crippen molar-refractivity contribution in [2.24, 2.45) is 5.92 Å². The summed E-state index contributed by atoms with van der Waals surface area (Å²) in [5.41, 5.74) is 1.43. The standard InChI is InChI=1S/C25H31N3O4S/c1-27(17-19-8-4-2-5-9-19)33(31,32)23-14-12-21(13-15-23)26-25(30)20-16-24(29)28(18-20)22-10-6-3-7-11-22/h2,4-5,8-9,12-15,20,22H,3,6-7,10-11,16-18H2,1H3,(H,26,30)/t20-/m1/s1. The lowest BCUT2D eigenvalue weighted by Gasteiger charge is -2.31. The van der Waals surface area contributed by atoms with Gasteiger partial charge in [0.25, 0.3) is 0 Å². The lowest BCUT2D eigenvalue weighted by molar-refractivity contribution is -0.130. The Morgan fingerprint density at radius 3 is 2.36 bits per heavy atom. The van der Waals surface area contributed by atoms with Crippen LogP contribution < -0.4 is 5.32 Å². The van der Waals surface area contributed by atoms with Gasteiger partial charge in [0, 0.05) is 38.3 Å². The number of benzene rings is 2. The van der Waals surface area contributed by atoms with E-state index in [2.05, 4.69) is 5.32 Å². The van der Waals surface area contributed by atoms with Crippen molar-refractivity contribution >= 4 is 27.5 Å². The highest BCUT2D eigenvalue weighted by molar-refractivity contribution is 7.89. The molecule has 1 N–H and O–H groups in total. The maximum absolute atomic E-state index is 12.9. The predicted octanol–water partition coefficient (Wildman–Crippen LogP) is 3.63. The SMILES string of the molecule is CN(Cc1ccccc1)S(=O)(=O)c1ccc(NC(=O)[C@@H]2CC(=O)N(C3CCCCC3)C2)cc1. The summed E-state index contributed by atoms with van der Waals surface area (Å²) < 4.78 is 27.1. The molecule has 0 unspecified atom stereocenters. The first kappa shape index (κ1) is 23.4. The molecule has 0 bridgehead atoms. The Kier molecular flexibility index (Phi) is 7.14. The largest absolute Gasteiger partial charge is 0.339 e. The summed E-state index contributed by atoms with van der Waals surface area (Å²) >= 11 is 0. The van der Waals surface area contributed by atoms with Gasteiger partial charge in [-0.3, -0.25) is 9.59 Å². The zero-order valence-corrected chi connectivity index (χ0v) is 19.8. The van der Waals surface area contributed by atoms with E-state index in [1.807, 2.05) is 35.2 Å². The molecule has 2 aromatic carbocycles. The van der Waals surface area contributed by atoms with Gasteiger partial charge in [0.05, 0.1) is 10.8 Å². The Labute approximate surface area is 195 Å². The Balaban J connectivity index is 1.36. The minimum Gasteiger partial charge on any atom is -0.339 e. The zero-order valence-electron chi connectivity index (χ0n) is 18.9. The molecular weight excluding hydrogens is 438 g/mol. The molecule has 1 heterocycles. The third-order valence-electron chi connectivity index (χ3n) is 6.62. The molecule has 2 fully saturated rings. The fourth-order valence-corrected chi connectivity index (χ4v) is 5.87. The molecule has 8 heteroatoms. The summed E-state index contributed by atoms with van der Waals surface area (Å²) in [6.45, 7) is 0.737. The van der Waals surface area contributed by atoms with Crippen molar-refractivity contribution in [2.45, 2.75) is 56.0 Å². The van der Waals surface area contributed by atoms with Gasteiger partial charge in [-0.1, -0.05) is 49.6 Å². The third kappa shape index (κ3) is 5.45. The Bertz CT molecular complexity index is 1080. The first-order valence-electron chi connectivity index (χ1n) is 11.6. The van der Waals surface area contributed by atoms with Crippen molar-refractivity contribution in [3.05, 3.63) is 60.2 Å². The van der Waals surface area contributed by atoms with Crippen LogP contribution >= 0.6 is 0 Å². The van der Waals surface area contributed by atoms with Crippen LogP contribution in [-0.2, 0) is 26.2 Å². The van der Waals surface area contributed by atoms with Crippen LogP contribution in [0.3, 0.4) is 0 Å². The van der Waals surface area contributed by atoms with Crippen LogP contribution in [0.1, 0.15) is 44.1 Å². The number of nitrogens with zero attached hydrogens (tertiary/aromatic N) is 2. The quantitative estimate of drug-likeness (QED) is 0.671. The average molecular weight is 470 g/mol. The van der Waals surface area contributed by atoms with E-state index in [1.54, 1.807) is 19.2 Å². The van der Waals surface area contributed by atoms with Gasteiger partial charge in [-0.2, -0.15) is 4.31 Å². The van der Waals surface area contributed by atoms with Crippen molar-refractivity contribution in [1.82, 2.24) is 9.21 Å². The highest BCUT2D eigenvalue weighted by atomic mass is 32.2. The summed E-state index contributed by atoms with van der Waals surface area (Å²) in [5, 5.41) is 2.85. The maximum Gasteiger partial charge on any atom is 0.243 e. The van der Waals surface area contributed by atoms with Crippen molar-refractivity contribution < 1.29 is 18.0 Å². The van der Waals surface area contributed by atoms with Gasteiger partial charge in [-0.25, -0.2) is 8.42 Å². The van der Waals surface area contributed by atoms with E-state index in [1.165, 1.54) is 22.9 Å². The summed E-state index contributed by atoms with van der Waals surface area (Å²) in [6.07, 6.45) is 5.78. The summed E-state index contributed by atoms with van der Waals surface area (Å²) in [4.78, 5) is 27.3. The van der Waals surface area contributed by atoms with Crippen LogP contribution in [0.25, 0.3) is 0 Å². The van der Waals surface area contributed by atoms with Crippen LogP contribution in [-0.4, -0.2) is 49.1 Å². The lowest BCUT2D eigenvalue weighted by atomic mass is 9.94. The van der Waals surface area contributed by atoms with E-state index in [9.17, 15) is 18.0 Å². The van der Waals surface area contributed by atoms with Gasteiger partial charge in [-0.05, 0) is 42.7 Å². The molecule has 1 saturated carbocycles. The van der Waals surface area contributed by atoms with Gasteiger partial charge in [0.2, 0.25) is 21.8 Å². The van der Waals surface area contributed by atoms with Crippen LogP contribution in [0.2, 0.25) is 0 Å². The third-order valence-corrected chi connectivity index (χ3v) is 8.44. The van der Waals surface area contributed by atoms with E-state index in [4.69, 9.17) is 0 Å². The van der Waals surface area contributed by atoms with E-state index >= 15 is 0 Å². The molecule has 4 rings (SSSR count). The molecule has 2 aromatic rings. The molecule has 1 saturated heterocycles. The predicted molar refractivity (Wildman–Crippen MR) is 127 cm³/mol. The number of hydrogen-bond donors (Lipinski definition) is 1. The number of rotatable bonds is 7. The van der Waals surface area contributed by atoms with Crippen molar-refractivity contribution in [3.8, 4) is 0 Å². The van der Waals surface area contributed by atoms with E-state index in [0.29, 0.717) is 12.2 Å². The number of carbonyl (C=O) groups is 2. The second-order valence-corrected chi connectivity index (χ2v) is 11.0. The molecule has 2 amide bonds. The molecule has 1 aliphatic carbocycles. The van der Waals surface area contributed by atoms with Gasteiger partial charge in [0.15, 0.2) is 0 Å². The van der Waals surface area contributed by atoms with Crippen LogP contribution in [0.5, 0.6) is 0 Å².